The van der Waals surface area contributed by atoms with E-state index >= 15 is 0 Å². The summed E-state index contributed by atoms with van der Waals surface area (Å²) < 4.78 is 27.9. The molecule has 1 aromatic heterocycles. The minimum atomic E-state index is -3.66. The molecule has 0 atom stereocenters. The lowest BCUT2D eigenvalue weighted by Crippen LogP contribution is -2.12. The molecule has 1 aliphatic carbocycles. The van der Waals surface area contributed by atoms with Crippen molar-refractivity contribution in [2.24, 2.45) is 0 Å². The summed E-state index contributed by atoms with van der Waals surface area (Å²) in [6.07, 6.45) is 5.93. The number of sulfonamides is 1. The standard InChI is InChI=1S/C18H19N3O2S2/c22-25(23,16-11-10-13-6-4-5-9-15(13)12-16)21-18-20-19-17(24-18)14-7-2-1-3-8-14/h4-6,9-12,14H,1-3,7-8H2,(H,20,21). The zero-order valence-corrected chi connectivity index (χ0v) is 15.3. The SMILES string of the molecule is O=S(=O)(Nc1nnc(C2CCCCC2)s1)c1ccc2ccccc2c1. The number of fused-ring (bicyclic) bond motifs is 1. The summed E-state index contributed by atoms with van der Waals surface area (Å²) in [4.78, 5) is 0.237. The number of benzene rings is 2. The lowest BCUT2D eigenvalue weighted by Gasteiger charge is -2.18. The second-order valence-corrected chi connectivity index (χ2v) is 9.09. The van der Waals surface area contributed by atoms with Crippen LogP contribution in [-0.2, 0) is 10.0 Å². The second kappa shape index (κ2) is 6.72. The summed E-state index contributed by atoms with van der Waals surface area (Å²) in [6, 6.07) is 12.8. The summed E-state index contributed by atoms with van der Waals surface area (Å²) in [5, 5.41) is 11.4. The molecule has 1 aliphatic rings. The molecule has 0 spiro atoms. The zero-order chi connectivity index (χ0) is 17.3. The first kappa shape index (κ1) is 16.5. The zero-order valence-electron chi connectivity index (χ0n) is 13.7. The predicted octanol–water partition coefficient (Wildman–Crippen LogP) is 4.54. The van der Waals surface area contributed by atoms with E-state index in [1.807, 2.05) is 30.3 Å². The van der Waals surface area contributed by atoms with Gasteiger partial charge < -0.3 is 0 Å². The topological polar surface area (TPSA) is 72.0 Å². The van der Waals surface area contributed by atoms with Crippen molar-refractivity contribution in [3.05, 3.63) is 47.5 Å². The first-order valence-corrected chi connectivity index (χ1v) is 10.8. The Kier molecular flexibility index (Phi) is 4.43. The van der Waals surface area contributed by atoms with Crippen LogP contribution in [0.2, 0.25) is 0 Å². The van der Waals surface area contributed by atoms with E-state index < -0.39 is 10.0 Å². The second-order valence-electron chi connectivity index (χ2n) is 6.39. The van der Waals surface area contributed by atoms with Crippen LogP contribution in [0.3, 0.4) is 0 Å². The summed E-state index contributed by atoms with van der Waals surface area (Å²) >= 11 is 1.35. The highest BCUT2D eigenvalue weighted by Gasteiger charge is 2.22. The van der Waals surface area contributed by atoms with Gasteiger partial charge in [-0.05, 0) is 35.7 Å². The molecule has 1 heterocycles. The van der Waals surface area contributed by atoms with Crippen molar-refractivity contribution < 1.29 is 8.42 Å². The van der Waals surface area contributed by atoms with Crippen LogP contribution in [0, 0.1) is 0 Å². The van der Waals surface area contributed by atoms with Crippen LogP contribution in [0.4, 0.5) is 5.13 Å². The molecule has 5 nitrogen and oxygen atoms in total. The molecule has 25 heavy (non-hydrogen) atoms. The lowest BCUT2D eigenvalue weighted by atomic mass is 9.90. The Hall–Kier alpha value is -1.99. The molecule has 0 saturated heterocycles. The van der Waals surface area contributed by atoms with Gasteiger partial charge in [-0.2, -0.15) is 0 Å². The van der Waals surface area contributed by atoms with Crippen molar-refractivity contribution in [3.8, 4) is 0 Å². The molecule has 0 aliphatic heterocycles. The molecule has 4 rings (SSSR count). The Morgan fingerprint density at radius 3 is 2.52 bits per heavy atom. The van der Waals surface area contributed by atoms with Crippen molar-refractivity contribution >= 4 is 37.3 Å². The maximum Gasteiger partial charge on any atom is 0.263 e. The Morgan fingerprint density at radius 1 is 0.960 bits per heavy atom. The molecule has 0 amide bonds. The van der Waals surface area contributed by atoms with Crippen molar-refractivity contribution in [3.63, 3.8) is 0 Å². The Morgan fingerprint density at radius 2 is 1.72 bits per heavy atom. The molecule has 1 saturated carbocycles. The van der Waals surface area contributed by atoms with E-state index in [2.05, 4.69) is 14.9 Å². The number of anilines is 1. The minimum absolute atomic E-state index is 0.237. The van der Waals surface area contributed by atoms with Crippen LogP contribution in [-0.4, -0.2) is 18.6 Å². The van der Waals surface area contributed by atoms with Gasteiger partial charge in [0.1, 0.15) is 5.01 Å². The summed E-state index contributed by atoms with van der Waals surface area (Å²) in [6.45, 7) is 0. The normalized spacial score (nSPS) is 16.2. The van der Waals surface area contributed by atoms with Crippen LogP contribution < -0.4 is 4.72 Å². The van der Waals surface area contributed by atoms with Gasteiger partial charge in [0.15, 0.2) is 0 Å². The predicted molar refractivity (Wildman–Crippen MR) is 100 cm³/mol. The van der Waals surface area contributed by atoms with Gasteiger partial charge in [-0.15, -0.1) is 10.2 Å². The van der Waals surface area contributed by atoms with Crippen molar-refractivity contribution in [1.82, 2.24) is 10.2 Å². The highest BCUT2D eigenvalue weighted by atomic mass is 32.2. The van der Waals surface area contributed by atoms with Crippen LogP contribution in [0.1, 0.15) is 43.0 Å². The molecule has 3 aromatic rings. The quantitative estimate of drug-likeness (QED) is 0.729. The van der Waals surface area contributed by atoms with E-state index in [4.69, 9.17) is 0 Å². The smallest absolute Gasteiger partial charge is 0.253 e. The van der Waals surface area contributed by atoms with E-state index in [9.17, 15) is 8.42 Å². The van der Waals surface area contributed by atoms with Gasteiger partial charge in [-0.3, -0.25) is 4.72 Å². The fourth-order valence-electron chi connectivity index (χ4n) is 3.30. The third-order valence-electron chi connectivity index (χ3n) is 4.65. The van der Waals surface area contributed by atoms with E-state index in [0.717, 1.165) is 28.6 Å². The fourth-order valence-corrected chi connectivity index (χ4v) is 5.48. The fraction of sp³-hybridized carbons (Fsp3) is 0.333. The monoisotopic (exact) mass is 373 g/mol. The van der Waals surface area contributed by atoms with Crippen LogP contribution in [0.25, 0.3) is 10.8 Å². The van der Waals surface area contributed by atoms with Crippen molar-refractivity contribution in [2.45, 2.75) is 42.9 Å². The molecule has 0 unspecified atom stereocenters. The molecular weight excluding hydrogens is 354 g/mol. The van der Waals surface area contributed by atoms with E-state index in [-0.39, 0.29) is 4.90 Å². The number of nitrogens with zero attached hydrogens (tertiary/aromatic N) is 2. The van der Waals surface area contributed by atoms with E-state index in [1.165, 1.54) is 30.6 Å². The van der Waals surface area contributed by atoms with E-state index in [1.54, 1.807) is 12.1 Å². The molecule has 2 aromatic carbocycles. The van der Waals surface area contributed by atoms with Gasteiger partial charge in [-0.1, -0.05) is 60.9 Å². The molecule has 130 valence electrons. The maximum absolute atomic E-state index is 12.7. The van der Waals surface area contributed by atoms with Gasteiger partial charge in [0.2, 0.25) is 5.13 Å². The van der Waals surface area contributed by atoms with Gasteiger partial charge in [0.25, 0.3) is 10.0 Å². The molecule has 1 N–H and O–H groups in total. The molecule has 0 radical (unpaired) electrons. The van der Waals surface area contributed by atoms with Gasteiger partial charge in [0, 0.05) is 5.92 Å². The molecular formula is C18H19N3O2S2. The van der Waals surface area contributed by atoms with Crippen LogP contribution in [0.15, 0.2) is 47.4 Å². The Bertz CT molecular complexity index is 992. The number of hydrogen-bond acceptors (Lipinski definition) is 5. The molecule has 1 fully saturated rings. The molecule has 7 heteroatoms. The van der Waals surface area contributed by atoms with E-state index in [0.29, 0.717) is 11.0 Å². The average Bonchev–Trinajstić information content (AvgIpc) is 3.10. The highest BCUT2D eigenvalue weighted by Crippen LogP contribution is 2.35. The first-order chi connectivity index (χ1) is 12.1. The number of hydrogen-bond donors (Lipinski definition) is 1. The first-order valence-electron chi connectivity index (χ1n) is 8.47. The van der Waals surface area contributed by atoms with Crippen LogP contribution >= 0.6 is 11.3 Å². The average molecular weight is 374 g/mol. The highest BCUT2D eigenvalue weighted by molar-refractivity contribution is 7.93. The minimum Gasteiger partial charge on any atom is -0.253 e. The Balaban J connectivity index is 1.57. The largest absolute Gasteiger partial charge is 0.263 e. The van der Waals surface area contributed by atoms with Crippen molar-refractivity contribution in [1.29, 1.82) is 0 Å². The van der Waals surface area contributed by atoms with Crippen molar-refractivity contribution in [2.75, 3.05) is 4.72 Å². The summed E-state index contributed by atoms with van der Waals surface area (Å²) in [5.41, 5.74) is 0. The van der Waals surface area contributed by atoms with Gasteiger partial charge in [0.05, 0.1) is 4.90 Å². The molecule has 0 bridgehead atoms. The maximum atomic E-state index is 12.7. The third kappa shape index (κ3) is 3.52. The van der Waals surface area contributed by atoms with Gasteiger partial charge in [-0.25, -0.2) is 8.42 Å². The lowest BCUT2D eigenvalue weighted by molar-refractivity contribution is 0.440. The number of nitrogens with one attached hydrogen (secondary N) is 1. The summed E-state index contributed by atoms with van der Waals surface area (Å²) in [7, 11) is -3.66. The summed E-state index contributed by atoms with van der Waals surface area (Å²) in [5.74, 6) is 0.421. The van der Waals surface area contributed by atoms with Gasteiger partial charge >= 0.3 is 0 Å². The number of rotatable bonds is 4. The third-order valence-corrected chi connectivity index (χ3v) is 7.11. The number of aromatic nitrogens is 2. The van der Waals surface area contributed by atoms with Crippen LogP contribution in [0.5, 0.6) is 0 Å². The Labute approximate surface area is 151 Å².